The largest absolute Gasteiger partial charge is 0.478 e. The van der Waals surface area contributed by atoms with Gasteiger partial charge in [-0.3, -0.25) is 0 Å². The van der Waals surface area contributed by atoms with E-state index in [0.29, 0.717) is 11.4 Å². The van der Waals surface area contributed by atoms with Gasteiger partial charge in [0.25, 0.3) is 0 Å². The van der Waals surface area contributed by atoms with Crippen molar-refractivity contribution < 1.29 is 9.90 Å². The Morgan fingerprint density at radius 1 is 1.53 bits per heavy atom. The zero-order chi connectivity index (χ0) is 11.6. The number of aromatic nitrogens is 1. The predicted molar refractivity (Wildman–Crippen MR) is 59.6 cm³/mol. The summed E-state index contributed by atoms with van der Waals surface area (Å²) >= 11 is 0. The van der Waals surface area contributed by atoms with Crippen LogP contribution in [0.4, 0.5) is 5.82 Å². The fraction of sp³-hybridized carbons (Fsp3) is 0.455. The highest BCUT2D eigenvalue weighted by Gasteiger charge is 2.17. The van der Waals surface area contributed by atoms with Crippen LogP contribution < -0.4 is 4.90 Å². The monoisotopic (exact) mass is 208 g/mol. The van der Waals surface area contributed by atoms with Crippen molar-refractivity contribution in [1.29, 1.82) is 0 Å². The summed E-state index contributed by atoms with van der Waals surface area (Å²) in [7, 11) is 1.84. The van der Waals surface area contributed by atoms with Crippen molar-refractivity contribution >= 4 is 11.8 Å². The Hall–Kier alpha value is -1.58. The third-order valence-corrected chi connectivity index (χ3v) is 2.38. The number of hydrogen-bond acceptors (Lipinski definition) is 3. The first-order chi connectivity index (χ1) is 6.97. The van der Waals surface area contributed by atoms with Gasteiger partial charge >= 0.3 is 5.97 Å². The second-order valence-corrected chi connectivity index (χ2v) is 3.60. The molecule has 82 valence electrons. The number of rotatable bonds is 3. The number of carboxylic acids is 1. The number of aryl methyl sites for hydroxylation is 2. The fourth-order valence-electron chi connectivity index (χ4n) is 1.51. The lowest BCUT2D eigenvalue weighted by atomic mass is 10.1. The minimum Gasteiger partial charge on any atom is -0.478 e. The quantitative estimate of drug-likeness (QED) is 0.823. The maximum absolute atomic E-state index is 11.1. The second kappa shape index (κ2) is 4.29. The average molecular weight is 208 g/mol. The van der Waals surface area contributed by atoms with Gasteiger partial charge in [0.05, 0.1) is 0 Å². The molecule has 1 rings (SSSR count). The van der Waals surface area contributed by atoms with Crippen LogP contribution in [0, 0.1) is 13.8 Å². The van der Waals surface area contributed by atoms with Crippen LogP contribution in [-0.2, 0) is 0 Å². The van der Waals surface area contributed by atoms with Crippen molar-refractivity contribution in [3.63, 3.8) is 0 Å². The molecule has 4 heteroatoms. The minimum absolute atomic E-state index is 0.296. The van der Waals surface area contributed by atoms with Crippen molar-refractivity contribution in [1.82, 2.24) is 4.98 Å². The molecule has 0 aliphatic heterocycles. The Kier molecular flexibility index (Phi) is 3.29. The molecule has 15 heavy (non-hydrogen) atoms. The third-order valence-electron chi connectivity index (χ3n) is 2.38. The van der Waals surface area contributed by atoms with Crippen LogP contribution in [0.5, 0.6) is 0 Å². The van der Waals surface area contributed by atoms with Gasteiger partial charge in [0.15, 0.2) is 0 Å². The Bertz CT molecular complexity index is 388. The minimum atomic E-state index is -0.921. The van der Waals surface area contributed by atoms with E-state index in [9.17, 15) is 4.79 Å². The molecule has 0 amide bonds. The van der Waals surface area contributed by atoms with Gasteiger partial charge in [0.1, 0.15) is 11.4 Å². The maximum Gasteiger partial charge on any atom is 0.339 e. The molecule has 0 bridgehead atoms. The van der Waals surface area contributed by atoms with Crippen LogP contribution in [0.3, 0.4) is 0 Å². The molecule has 0 aliphatic rings. The highest BCUT2D eigenvalue weighted by Crippen LogP contribution is 2.21. The molecule has 1 aromatic rings. The Labute approximate surface area is 89.6 Å². The molecule has 0 aliphatic carbocycles. The SMILES string of the molecule is CCN(C)c1nc(C)cc(C)c1C(=O)O. The van der Waals surface area contributed by atoms with E-state index in [1.807, 2.05) is 25.8 Å². The lowest BCUT2D eigenvalue weighted by molar-refractivity contribution is 0.0696. The summed E-state index contributed by atoms with van der Waals surface area (Å²) in [6, 6.07) is 1.79. The van der Waals surface area contributed by atoms with E-state index in [0.717, 1.165) is 17.8 Å². The van der Waals surface area contributed by atoms with E-state index in [1.165, 1.54) is 0 Å². The van der Waals surface area contributed by atoms with Gasteiger partial charge in [-0.2, -0.15) is 0 Å². The third kappa shape index (κ3) is 2.26. The highest BCUT2D eigenvalue weighted by molar-refractivity contribution is 5.95. The van der Waals surface area contributed by atoms with Gasteiger partial charge in [0.2, 0.25) is 0 Å². The van der Waals surface area contributed by atoms with Gasteiger partial charge in [-0.15, -0.1) is 0 Å². The van der Waals surface area contributed by atoms with Crippen molar-refractivity contribution in [2.45, 2.75) is 20.8 Å². The molecular formula is C11H16N2O2. The second-order valence-electron chi connectivity index (χ2n) is 3.60. The van der Waals surface area contributed by atoms with Crippen LogP contribution in [0.2, 0.25) is 0 Å². The van der Waals surface area contributed by atoms with Gasteiger partial charge in [-0.05, 0) is 32.4 Å². The summed E-state index contributed by atoms with van der Waals surface area (Å²) in [6.07, 6.45) is 0. The zero-order valence-corrected chi connectivity index (χ0v) is 9.53. The summed E-state index contributed by atoms with van der Waals surface area (Å²) in [6.45, 7) is 6.36. The van der Waals surface area contributed by atoms with Crippen molar-refractivity contribution in [3.8, 4) is 0 Å². The first-order valence-electron chi connectivity index (χ1n) is 4.90. The molecule has 1 aromatic heterocycles. The van der Waals surface area contributed by atoms with Crippen molar-refractivity contribution in [2.75, 3.05) is 18.5 Å². The zero-order valence-electron chi connectivity index (χ0n) is 9.53. The van der Waals surface area contributed by atoms with Crippen LogP contribution in [-0.4, -0.2) is 29.7 Å². The molecule has 0 fully saturated rings. The van der Waals surface area contributed by atoms with E-state index in [-0.39, 0.29) is 0 Å². The fourth-order valence-corrected chi connectivity index (χ4v) is 1.51. The van der Waals surface area contributed by atoms with Gasteiger partial charge in [-0.25, -0.2) is 9.78 Å². The number of pyridine rings is 1. The highest BCUT2D eigenvalue weighted by atomic mass is 16.4. The summed E-state index contributed by atoms with van der Waals surface area (Å²) in [5.41, 5.74) is 1.89. The van der Waals surface area contributed by atoms with Gasteiger partial charge in [-0.1, -0.05) is 0 Å². The average Bonchev–Trinajstić information content (AvgIpc) is 2.14. The smallest absolute Gasteiger partial charge is 0.339 e. The summed E-state index contributed by atoms with van der Waals surface area (Å²) in [4.78, 5) is 17.2. The molecule has 0 radical (unpaired) electrons. The van der Waals surface area contributed by atoms with Crippen LogP contribution >= 0.6 is 0 Å². The molecular weight excluding hydrogens is 192 g/mol. The normalized spacial score (nSPS) is 10.1. The number of carboxylic acid groups (broad SMARTS) is 1. The predicted octanol–water partition coefficient (Wildman–Crippen LogP) is 1.85. The maximum atomic E-state index is 11.1. The van der Waals surface area contributed by atoms with Gasteiger partial charge in [0, 0.05) is 19.3 Å². The first-order valence-corrected chi connectivity index (χ1v) is 4.90. The molecule has 1 heterocycles. The summed E-state index contributed by atoms with van der Waals surface area (Å²) in [5.74, 6) is -0.377. The molecule has 0 saturated heterocycles. The molecule has 4 nitrogen and oxygen atoms in total. The Morgan fingerprint density at radius 2 is 2.13 bits per heavy atom. The molecule has 0 atom stereocenters. The van der Waals surface area contributed by atoms with E-state index >= 15 is 0 Å². The molecule has 0 saturated carbocycles. The summed E-state index contributed by atoms with van der Waals surface area (Å²) in [5, 5.41) is 9.12. The van der Waals surface area contributed by atoms with Crippen molar-refractivity contribution in [2.24, 2.45) is 0 Å². The van der Waals surface area contributed by atoms with Crippen LogP contribution in [0.15, 0.2) is 6.07 Å². The first kappa shape index (κ1) is 11.5. The lowest BCUT2D eigenvalue weighted by Gasteiger charge is -2.19. The van der Waals surface area contributed by atoms with E-state index in [2.05, 4.69) is 4.98 Å². The Balaban J connectivity index is 3.39. The van der Waals surface area contributed by atoms with Crippen molar-refractivity contribution in [3.05, 3.63) is 22.9 Å². The van der Waals surface area contributed by atoms with Crippen LogP contribution in [0.1, 0.15) is 28.5 Å². The number of nitrogens with zero attached hydrogens (tertiary/aromatic N) is 2. The van der Waals surface area contributed by atoms with E-state index in [1.54, 1.807) is 13.0 Å². The number of carbonyl (C=O) groups is 1. The molecule has 0 spiro atoms. The van der Waals surface area contributed by atoms with E-state index in [4.69, 9.17) is 5.11 Å². The standard InChI is InChI=1S/C11H16N2O2/c1-5-13(4)10-9(11(14)15)7(2)6-8(3)12-10/h6H,5H2,1-4H3,(H,14,15). The molecule has 0 unspecified atom stereocenters. The molecule has 1 N–H and O–H groups in total. The lowest BCUT2D eigenvalue weighted by Crippen LogP contribution is -2.21. The summed E-state index contributed by atoms with van der Waals surface area (Å²) < 4.78 is 0. The number of anilines is 1. The molecule has 0 aromatic carbocycles. The van der Waals surface area contributed by atoms with E-state index < -0.39 is 5.97 Å². The van der Waals surface area contributed by atoms with Crippen LogP contribution in [0.25, 0.3) is 0 Å². The Morgan fingerprint density at radius 3 is 2.60 bits per heavy atom. The number of hydrogen-bond donors (Lipinski definition) is 1. The van der Waals surface area contributed by atoms with Gasteiger partial charge < -0.3 is 10.0 Å². The topological polar surface area (TPSA) is 53.4 Å². The number of aromatic carboxylic acids is 1.